The van der Waals surface area contributed by atoms with E-state index in [2.05, 4.69) is 4.98 Å². The van der Waals surface area contributed by atoms with Crippen LogP contribution in [0.4, 0.5) is 0 Å². The highest BCUT2D eigenvalue weighted by Crippen LogP contribution is 2.60. The Hall–Kier alpha value is -2.06. The van der Waals surface area contributed by atoms with Gasteiger partial charge in [-0.3, -0.25) is 4.79 Å². The van der Waals surface area contributed by atoms with Gasteiger partial charge in [-0.25, -0.2) is 9.78 Å². The zero-order valence-electron chi connectivity index (χ0n) is 14.1. The first-order valence-electron chi connectivity index (χ1n) is 8.03. The van der Waals surface area contributed by atoms with E-state index in [1.165, 1.54) is 16.7 Å². The summed E-state index contributed by atoms with van der Waals surface area (Å²) >= 11 is 1.41. The lowest BCUT2D eigenvalue weighted by atomic mass is 9.80. The lowest BCUT2D eigenvalue weighted by Crippen LogP contribution is -2.71. The second kappa shape index (κ2) is 4.98. The Morgan fingerprint density at radius 3 is 2.64 bits per heavy atom. The highest BCUT2D eigenvalue weighted by Gasteiger charge is 2.73. The quantitative estimate of drug-likeness (QED) is 0.797. The van der Waals surface area contributed by atoms with Crippen LogP contribution < -0.4 is 0 Å². The van der Waals surface area contributed by atoms with E-state index in [0.717, 1.165) is 11.0 Å². The van der Waals surface area contributed by atoms with Gasteiger partial charge in [-0.05, 0) is 26.0 Å². The summed E-state index contributed by atoms with van der Waals surface area (Å²) in [5.74, 6) is -1.34. The van der Waals surface area contributed by atoms with Crippen LogP contribution in [0.15, 0.2) is 24.3 Å². The van der Waals surface area contributed by atoms with Crippen molar-refractivity contribution in [2.45, 2.75) is 35.4 Å². The number of hydrogen-bond donors (Lipinski definition) is 2. The minimum Gasteiger partial charge on any atom is -0.479 e. The van der Waals surface area contributed by atoms with Gasteiger partial charge in [0.05, 0.1) is 23.0 Å². The predicted octanol–water partition coefficient (Wildman–Crippen LogP) is 1.17. The van der Waals surface area contributed by atoms with Gasteiger partial charge in [-0.15, -0.1) is 11.8 Å². The molecule has 2 aromatic rings. The van der Waals surface area contributed by atoms with E-state index in [1.54, 1.807) is 13.8 Å². The lowest BCUT2D eigenvalue weighted by molar-refractivity contribution is -0.174. The summed E-state index contributed by atoms with van der Waals surface area (Å²) < 4.78 is 1.08. The monoisotopic (exact) mass is 361 g/mol. The molecule has 2 aliphatic heterocycles. The van der Waals surface area contributed by atoms with Gasteiger partial charge in [0.1, 0.15) is 11.7 Å². The van der Waals surface area contributed by atoms with Crippen molar-refractivity contribution in [3.8, 4) is 0 Å². The van der Waals surface area contributed by atoms with E-state index in [4.69, 9.17) is 0 Å². The van der Waals surface area contributed by atoms with Gasteiger partial charge in [-0.2, -0.15) is 0 Å². The van der Waals surface area contributed by atoms with Crippen LogP contribution in [0.5, 0.6) is 0 Å². The molecule has 0 radical (unpaired) electrons. The number of nitrogens with zero attached hydrogens (tertiary/aromatic N) is 3. The topological polar surface area (TPSA) is 95.7 Å². The van der Waals surface area contributed by atoms with Gasteiger partial charge in [0.15, 0.2) is 5.54 Å². The van der Waals surface area contributed by atoms with Gasteiger partial charge in [0.2, 0.25) is 5.91 Å². The fraction of sp³-hybridized carbons (Fsp3) is 0.471. The second-order valence-corrected chi connectivity index (χ2v) is 8.79. The van der Waals surface area contributed by atoms with Gasteiger partial charge < -0.3 is 19.7 Å². The fourth-order valence-electron chi connectivity index (χ4n) is 4.05. The minimum absolute atomic E-state index is 0.294. The maximum Gasteiger partial charge on any atom is 0.333 e. The first-order valence-corrected chi connectivity index (χ1v) is 8.91. The number of fused-ring (bicyclic) bond motifs is 2. The first-order chi connectivity index (χ1) is 11.8. The number of aryl methyl sites for hydroxylation is 1. The third-order valence-corrected chi connectivity index (χ3v) is 7.20. The number of carbonyl (C=O) groups is 2. The summed E-state index contributed by atoms with van der Waals surface area (Å²) in [6.07, 6.45) is 0. The number of aliphatic hydroxyl groups is 1. The number of imidazole rings is 1. The van der Waals surface area contributed by atoms with Gasteiger partial charge in [-0.1, -0.05) is 12.1 Å². The van der Waals surface area contributed by atoms with Gasteiger partial charge >= 0.3 is 5.97 Å². The van der Waals surface area contributed by atoms with Crippen LogP contribution in [0, 0.1) is 0 Å². The second-order valence-electron chi connectivity index (χ2n) is 7.05. The molecule has 25 heavy (non-hydrogen) atoms. The van der Waals surface area contributed by atoms with Crippen LogP contribution >= 0.6 is 11.8 Å². The molecule has 8 heteroatoms. The number of aliphatic carboxylic acids is 1. The number of rotatable bonds is 3. The molecule has 0 unspecified atom stereocenters. The summed E-state index contributed by atoms with van der Waals surface area (Å²) in [7, 11) is 1.86. The molecule has 4 rings (SSSR count). The van der Waals surface area contributed by atoms with Gasteiger partial charge in [0, 0.05) is 11.8 Å². The first kappa shape index (κ1) is 16.4. The van der Waals surface area contributed by atoms with Crippen molar-refractivity contribution >= 4 is 34.7 Å². The van der Waals surface area contributed by atoms with Crippen molar-refractivity contribution in [1.29, 1.82) is 0 Å². The molecule has 2 fully saturated rings. The number of thioether (sulfide) groups is 1. The van der Waals surface area contributed by atoms with Crippen LogP contribution in [0.3, 0.4) is 0 Å². The maximum atomic E-state index is 12.9. The van der Waals surface area contributed by atoms with E-state index in [-0.39, 0.29) is 11.3 Å². The summed E-state index contributed by atoms with van der Waals surface area (Å²) in [4.78, 5) is 30.8. The van der Waals surface area contributed by atoms with Gasteiger partial charge in [0.25, 0.3) is 0 Å². The molecule has 0 saturated carbocycles. The highest BCUT2D eigenvalue weighted by molar-refractivity contribution is 8.01. The Morgan fingerprint density at radius 2 is 2.04 bits per heavy atom. The number of carboxylic acid groups (broad SMARTS) is 1. The number of para-hydroxylation sites is 2. The van der Waals surface area contributed by atoms with Crippen LogP contribution in [0.25, 0.3) is 11.0 Å². The minimum atomic E-state index is -1.61. The Labute approximate surface area is 148 Å². The highest BCUT2D eigenvalue weighted by atomic mass is 32.2. The maximum absolute atomic E-state index is 12.9. The summed E-state index contributed by atoms with van der Waals surface area (Å²) in [5.41, 5.74) is 0.123. The summed E-state index contributed by atoms with van der Waals surface area (Å²) in [5, 5.41) is 19.3. The largest absolute Gasteiger partial charge is 0.479 e. The van der Waals surface area contributed by atoms with Crippen molar-refractivity contribution in [3.05, 3.63) is 30.1 Å². The number of benzene rings is 1. The summed E-state index contributed by atoms with van der Waals surface area (Å²) in [6.45, 7) is 2.92. The number of carboxylic acids is 1. The van der Waals surface area contributed by atoms with E-state index < -0.39 is 28.8 Å². The molecule has 3 atom stereocenters. The van der Waals surface area contributed by atoms with E-state index in [9.17, 15) is 19.8 Å². The molecule has 1 aromatic heterocycles. The molecule has 3 heterocycles. The van der Waals surface area contributed by atoms with E-state index in [1.807, 2.05) is 35.9 Å². The number of β-lactam (4-membered cyclic amide) rings is 1. The molecule has 0 spiro atoms. The lowest BCUT2D eigenvalue weighted by Gasteiger charge is -2.48. The Balaban J connectivity index is 1.80. The van der Waals surface area contributed by atoms with Crippen molar-refractivity contribution in [2.24, 2.45) is 7.05 Å². The molecular formula is C17H19N3O4S. The van der Waals surface area contributed by atoms with Crippen LogP contribution in [0.1, 0.15) is 25.6 Å². The van der Waals surface area contributed by atoms with Crippen molar-refractivity contribution in [1.82, 2.24) is 14.5 Å². The third-order valence-electron chi connectivity index (χ3n) is 5.55. The number of hydrogen-bond acceptors (Lipinski definition) is 5. The number of aliphatic hydroxyl groups excluding tert-OH is 1. The molecule has 132 valence electrons. The fourth-order valence-corrected chi connectivity index (χ4v) is 5.87. The number of aromatic nitrogens is 2. The third kappa shape index (κ3) is 1.78. The van der Waals surface area contributed by atoms with E-state index >= 15 is 0 Å². The zero-order valence-corrected chi connectivity index (χ0v) is 14.9. The molecule has 2 saturated heterocycles. The smallest absolute Gasteiger partial charge is 0.333 e. The Bertz CT molecular complexity index is 908. The standard InChI is InChI=1S/C17H19N3O4S/c1-16(2)17(8-21,15(23)24)20-13(22)11(14(20)25-16)12-18-9-6-4-5-7-10(9)19(12)3/h4-7,11,14,21H,8H2,1-3H3,(H,23,24)/t11-,14-,17+/m1/s1. The Kier molecular flexibility index (Phi) is 3.27. The molecule has 1 aromatic carbocycles. The predicted molar refractivity (Wildman–Crippen MR) is 93.2 cm³/mol. The Morgan fingerprint density at radius 1 is 1.36 bits per heavy atom. The molecule has 1 amide bonds. The number of carbonyl (C=O) groups excluding carboxylic acids is 1. The SMILES string of the molecule is Cn1c([C@@H]2C(=O)N3[C@@H]2SC(C)(C)[C@]3(CO)C(=O)O)nc2ccccc21. The average Bonchev–Trinajstić information content (AvgIpc) is 2.98. The molecule has 2 N–H and O–H groups in total. The molecule has 7 nitrogen and oxygen atoms in total. The number of amides is 1. The normalized spacial score (nSPS) is 30.4. The molecule has 0 bridgehead atoms. The average molecular weight is 361 g/mol. The summed E-state index contributed by atoms with van der Waals surface area (Å²) in [6, 6.07) is 7.63. The van der Waals surface area contributed by atoms with E-state index in [0.29, 0.717) is 5.82 Å². The van der Waals surface area contributed by atoms with Crippen molar-refractivity contribution in [2.75, 3.05) is 6.61 Å². The van der Waals surface area contributed by atoms with Crippen LogP contribution in [-0.2, 0) is 16.6 Å². The molecular weight excluding hydrogens is 342 g/mol. The van der Waals surface area contributed by atoms with Crippen molar-refractivity contribution < 1.29 is 19.8 Å². The van der Waals surface area contributed by atoms with Crippen molar-refractivity contribution in [3.63, 3.8) is 0 Å². The molecule has 0 aliphatic carbocycles. The van der Waals surface area contributed by atoms with Crippen LogP contribution in [-0.4, -0.2) is 58.8 Å². The zero-order chi connectivity index (χ0) is 18.1. The molecule has 2 aliphatic rings. The van der Waals surface area contributed by atoms with Crippen LogP contribution in [0.2, 0.25) is 0 Å².